The highest BCUT2D eigenvalue weighted by atomic mass is 16.5. The summed E-state index contributed by atoms with van der Waals surface area (Å²) in [5.74, 6) is 0. The van der Waals surface area contributed by atoms with Gasteiger partial charge in [-0.2, -0.15) is 0 Å². The molecule has 0 spiro atoms. The van der Waals surface area contributed by atoms with Crippen LogP contribution >= 0.6 is 0 Å². The summed E-state index contributed by atoms with van der Waals surface area (Å²) in [5, 5.41) is 0. The fraction of sp³-hybridized carbons (Fsp3) is 0.333. The fourth-order valence-corrected chi connectivity index (χ4v) is 3.01. The molecule has 0 heterocycles. The summed E-state index contributed by atoms with van der Waals surface area (Å²) in [4.78, 5) is 0. The van der Waals surface area contributed by atoms with Crippen molar-refractivity contribution < 1.29 is 4.74 Å². The number of hydrogen-bond acceptors (Lipinski definition) is 1. The molecule has 0 aromatic heterocycles. The topological polar surface area (TPSA) is 9.23 Å². The van der Waals surface area contributed by atoms with Crippen molar-refractivity contribution in [2.75, 3.05) is 0 Å². The Kier molecular flexibility index (Phi) is 7.69. The Morgan fingerprint density at radius 1 is 0.720 bits per heavy atom. The van der Waals surface area contributed by atoms with E-state index in [4.69, 9.17) is 4.74 Å². The molecule has 0 aliphatic carbocycles. The lowest BCUT2D eigenvalue weighted by molar-refractivity contribution is 0.00567. The van der Waals surface area contributed by atoms with E-state index in [0.29, 0.717) is 0 Å². The van der Waals surface area contributed by atoms with Gasteiger partial charge in [-0.05, 0) is 48.9 Å². The van der Waals surface area contributed by atoms with Gasteiger partial charge >= 0.3 is 0 Å². The third-order valence-electron chi connectivity index (χ3n) is 4.34. The second kappa shape index (κ2) is 10.0. The third-order valence-corrected chi connectivity index (χ3v) is 4.34. The van der Waals surface area contributed by atoms with Gasteiger partial charge in [-0.1, -0.05) is 86.7 Å². The molecule has 2 aromatic carbocycles. The zero-order valence-corrected chi connectivity index (χ0v) is 15.9. The Balaban J connectivity index is 2.20. The van der Waals surface area contributed by atoms with E-state index in [0.717, 1.165) is 12.8 Å². The Morgan fingerprint density at radius 3 is 1.52 bits per heavy atom. The first-order chi connectivity index (χ1) is 12.2. The summed E-state index contributed by atoms with van der Waals surface area (Å²) in [6, 6.07) is 17.0. The summed E-state index contributed by atoms with van der Waals surface area (Å²) >= 11 is 0. The number of ether oxygens (including phenoxy) is 1. The van der Waals surface area contributed by atoms with Crippen molar-refractivity contribution in [2.45, 2.75) is 52.7 Å². The molecule has 0 saturated carbocycles. The van der Waals surface area contributed by atoms with E-state index in [1.54, 1.807) is 0 Å². The molecule has 0 radical (unpaired) electrons. The molecule has 0 aliphatic heterocycles. The van der Waals surface area contributed by atoms with Crippen LogP contribution in [0.3, 0.4) is 0 Å². The van der Waals surface area contributed by atoms with Crippen LogP contribution in [0.25, 0.3) is 12.2 Å². The van der Waals surface area contributed by atoms with Crippen LogP contribution in [0.5, 0.6) is 0 Å². The number of rotatable bonds is 8. The Morgan fingerprint density at radius 2 is 1.12 bits per heavy atom. The normalized spacial score (nSPS) is 14.2. The lowest BCUT2D eigenvalue weighted by atomic mass is 10.0. The molecule has 132 valence electrons. The molecule has 0 fully saturated rings. The quantitative estimate of drug-likeness (QED) is 0.489. The molecule has 0 bridgehead atoms. The molecule has 1 nitrogen and oxygen atoms in total. The molecular weight excluding hydrogens is 304 g/mol. The molecule has 0 amide bonds. The van der Waals surface area contributed by atoms with Crippen LogP contribution in [-0.2, 0) is 4.74 Å². The molecule has 2 atom stereocenters. The highest BCUT2D eigenvalue weighted by Crippen LogP contribution is 2.30. The minimum atomic E-state index is 0.0379. The first-order valence-corrected chi connectivity index (χ1v) is 9.33. The zero-order valence-electron chi connectivity index (χ0n) is 15.9. The van der Waals surface area contributed by atoms with Crippen LogP contribution in [-0.4, -0.2) is 0 Å². The molecule has 0 N–H and O–H groups in total. The number of benzene rings is 2. The van der Waals surface area contributed by atoms with Gasteiger partial charge in [0.15, 0.2) is 0 Å². The molecule has 25 heavy (non-hydrogen) atoms. The molecule has 1 heteroatoms. The summed E-state index contributed by atoms with van der Waals surface area (Å²) in [5.41, 5.74) is 4.95. The summed E-state index contributed by atoms with van der Waals surface area (Å²) < 4.78 is 6.40. The van der Waals surface area contributed by atoms with Gasteiger partial charge in [0.2, 0.25) is 0 Å². The van der Waals surface area contributed by atoms with Crippen molar-refractivity contribution in [3.05, 3.63) is 82.9 Å². The minimum Gasteiger partial charge on any atom is -0.366 e. The number of allylic oxidation sites excluding steroid dienone is 2. The van der Waals surface area contributed by atoms with E-state index in [-0.39, 0.29) is 12.2 Å². The monoisotopic (exact) mass is 334 g/mol. The van der Waals surface area contributed by atoms with Gasteiger partial charge in [-0.15, -0.1) is 0 Å². The minimum absolute atomic E-state index is 0.0379. The van der Waals surface area contributed by atoms with Crippen LogP contribution in [0, 0.1) is 0 Å². The van der Waals surface area contributed by atoms with Gasteiger partial charge in [-0.25, -0.2) is 0 Å². The predicted molar refractivity (Wildman–Crippen MR) is 109 cm³/mol. The van der Waals surface area contributed by atoms with E-state index in [2.05, 4.69) is 101 Å². The highest BCUT2D eigenvalue weighted by Gasteiger charge is 2.16. The maximum Gasteiger partial charge on any atom is 0.0810 e. The second-order valence-electron chi connectivity index (χ2n) is 6.30. The van der Waals surface area contributed by atoms with E-state index < -0.39 is 0 Å². The SMILES string of the molecule is CCC=Cc1ccccc1C(C)OC(C)c1ccccc1C=CCC. The molecule has 0 saturated heterocycles. The molecule has 0 aliphatic rings. The van der Waals surface area contributed by atoms with Crippen molar-refractivity contribution in [3.8, 4) is 0 Å². The van der Waals surface area contributed by atoms with E-state index >= 15 is 0 Å². The van der Waals surface area contributed by atoms with Crippen molar-refractivity contribution in [3.63, 3.8) is 0 Å². The first kappa shape index (κ1) is 19.2. The summed E-state index contributed by atoms with van der Waals surface area (Å²) in [7, 11) is 0. The third kappa shape index (κ3) is 5.44. The van der Waals surface area contributed by atoms with Crippen LogP contribution < -0.4 is 0 Å². The van der Waals surface area contributed by atoms with Crippen LogP contribution in [0.2, 0.25) is 0 Å². The summed E-state index contributed by atoms with van der Waals surface area (Å²) in [6.45, 7) is 8.59. The highest BCUT2D eigenvalue weighted by molar-refractivity contribution is 5.55. The predicted octanol–water partition coefficient (Wildman–Crippen LogP) is 7.37. The molecule has 2 unspecified atom stereocenters. The molecular formula is C24H30O. The Labute approximate surface area is 153 Å². The summed E-state index contributed by atoms with van der Waals surface area (Å²) in [6.07, 6.45) is 10.9. The van der Waals surface area contributed by atoms with Crippen molar-refractivity contribution in [2.24, 2.45) is 0 Å². The van der Waals surface area contributed by atoms with Crippen LogP contribution in [0.4, 0.5) is 0 Å². The van der Waals surface area contributed by atoms with E-state index in [1.807, 2.05) is 0 Å². The first-order valence-electron chi connectivity index (χ1n) is 9.33. The van der Waals surface area contributed by atoms with Crippen molar-refractivity contribution >= 4 is 12.2 Å². The number of hydrogen-bond donors (Lipinski definition) is 0. The van der Waals surface area contributed by atoms with Gasteiger partial charge in [0.25, 0.3) is 0 Å². The van der Waals surface area contributed by atoms with Crippen molar-refractivity contribution in [1.82, 2.24) is 0 Å². The van der Waals surface area contributed by atoms with Gasteiger partial charge in [-0.3, -0.25) is 0 Å². The van der Waals surface area contributed by atoms with Crippen LogP contribution in [0.1, 0.15) is 75.0 Å². The van der Waals surface area contributed by atoms with Gasteiger partial charge < -0.3 is 4.74 Å². The fourth-order valence-electron chi connectivity index (χ4n) is 3.01. The van der Waals surface area contributed by atoms with Gasteiger partial charge in [0, 0.05) is 0 Å². The second-order valence-corrected chi connectivity index (χ2v) is 6.30. The molecule has 2 rings (SSSR count). The average molecular weight is 335 g/mol. The Bertz CT molecular complexity index is 650. The van der Waals surface area contributed by atoms with E-state index in [9.17, 15) is 0 Å². The average Bonchev–Trinajstić information content (AvgIpc) is 2.65. The van der Waals surface area contributed by atoms with E-state index in [1.165, 1.54) is 22.3 Å². The van der Waals surface area contributed by atoms with Crippen molar-refractivity contribution in [1.29, 1.82) is 0 Å². The van der Waals surface area contributed by atoms with Gasteiger partial charge in [0.1, 0.15) is 0 Å². The Hall–Kier alpha value is -2.12. The standard InChI is InChI=1S/C24H30O/c1-5-7-13-21-15-9-11-17-23(21)19(3)25-20(4)24-18-12-10-16-22(24)14-8-6-2/h7-20H,5-6H2,1-4H3. The zero-order chi connectivity index (χ0) is 18.1. The van der Waals surface area contributed by atoms with Crippen LogP contribution in [0.15, 0.2) is 60.7 Å². The van der Waals surface area contributed by atoms with Gasteiger partial charge in [0.05, 0.1) is 12.2 Å². The lowest BCUT2D eigenvalue weighted by Gasteiger charge is -2.22. The maximum atomic E-state index is 6.40. The lowest BCUT2D eigenvalue weighted by Crippen LogP contribution is -2.07. The largest absolute Gasteiger partial charge is 0.366 e. The smallest absolute Gasteiger partial charge is 0.0810 e. The maximum absolute atomic E-state index is 6.40. The molecule has 2 aromatic rings.